The van der Waals surface area contributed by atoms with Crippen LogP contribution in [0.2, 0.25) is 0 Å². The van der Waals surface area contributed by atoms with E-state index in [-0.39, 0.29) is 11.0 Å². The molecule has 0 atom stereocenters. The van der Waals surface area contributed by atoms with Gasteiger partial charge in [0.15, 0.2) is 0 Å². The highest BCUT2D eigenvalue weighted by molar-refractivity contribution is 9.09. The Balaban J connectivity index is 2.11. The van der Waals surface area contributed by atoms with Gasteiger partial charge in [-0.15, -0.1) is 0 Å². The maximum absolute atomic E-state index is 12.8. The lowest BCUT2D eigenvalue weighted by molar-refractivity contribution is -0.137. The van der Waals surface area contributed by atoms with Crippen molar-refractivity contribution in [1.82, 2.24) is 5.32 Å². The van der Waals surface area contributed by atoms with Gasteiger partial charge in [0.05, 0.1) is 11.1 Å². The molecule has 0 spiro atoms. The van der Waals surface area contributed by atoms with E-state index in [9.17, 15) is 18.0 Å². The molecule has 0 bridgehead atoms. The third-order valence-electron chi connectivity index (χ3n) is 3.34. The summed E-state index contributed by atoms with van der Waals surface area (Å²) >= 11 is 3.35. The monoisotopic (exact) mass is 335 g/mol. The molecule has 6 heteroatoms. The summed E-state index contributed by atoms with van der Waals surface area (Å²) in [7, 11) is 0. The first kappa shape index (κ1) is 14.4. The van der Waals surface area contributed by atoms with Crippen LogP contribution in [0.1, 0.15) is 28.8 Å². The van der Waals surface area contributed by atoms with Gasteiger partial charge in [0.1, 0.15) is 0 Å². The Morgan fingerprint density at radius 3 is 2.47 bits per heavy atom. The average Bonchev–Trinajstić information content (AvgIpc) is 3.16. The van der Waals surface area contributed by atoms with Crippen molar-refractivity contribution in [2.75, 3.05) is 11.9 Å². The molecule has 1 saturated carbocycles. The van der Waals surface area contributed by atoms with Crippen LogP contribution in [0.25, 0.3) is 0 Å². The molecule has 0 saturated heterocycles. The van der Waals surface area contributed by atoms with Crippen molar-refractivity contribution in [1.29, 1.82) is 0 Å². The summed E-state index contributed by atoms with van der Waals surface area (Å²) in [4.78, 5) is 11.9. The fourth-order valence-corrected chi connectivity index (χ4v) is 2.58. The van der Waals surface area contributed by atoms with Gasteiger partial charge in [0, 0.05) is 11.9 Å². The zero-order chi connectivity index (χ0) is 14.1. The second-order valence-electron chi connectivity index (χ2n) is 4.86. The number of hydrogen-bond acceptors (Lipinski definition) is 1. The van der Waals surface area contributed by atoms with Crippen LogP contribution in [0, 0.1) is 5.41 Å². The Morgan fingerprint density at radius 1 is 1.32 bits per heavy atom. The van der Waals surface area contributed by atoms with E-state index < -0.39 is 17.6 Å². The molecule has 0 unspecified atom stereocenters. The van der Waals surface area contributed by atoms with Gasteiger partial charge in [0.25, 0.3) is 5.91 Å². The molecular formula is C13H13BrF3NO. The quantitative estimate of drug-likeness (QED) is 0.837. The van der Waals surface area contributed by atoms with Gasteiger partial charge in [-0.2, -0.15) is 13.2 Å². The van der Waals surface area contributed by atoms with Gasteiger partial charge >= 0.3 is 6.18 Å². The molecule has 0 heterocycles. The molecule has 1 N–H and O–H groups in total. The second-order valence-corrected chi connectivity index (χ2v) is 5.42. The van der Waals surface area contributed by atoms with Crippen molar-refractivity contribution in [3.05, 3.63) is 35.4 Å². The topological polar surface area (TPSA) is 29.1 Å². The zero-order valence-electron chi connectivity index (χ0n) is 10.1. The Kier molecular flexibility index (Phi) is 3.90. The van der Waals surface area contributed by atoms with Gasteiger partial charge in [-0.1, -0.05) is 28.1 Å². The Labute approximate surface area is 117 Å². The summed E-state index contributed by atoms with van der Waals surface area (Å²) in [5.74, 6) is -0.667. The van der Waals surface area contributed by atoms with Crippen LogP contribution in [0.5, 0.6) is 0 Å². The van der Waals surface area contributed by atoms with Crippen molar-refractivity contribution in [3.63, 3.8) is 0 Å². The number of alkyl halides is 4. The molecule has 1 aromatic rings. The first-order valence-corrected chi connectivity index (χ1v) is 7.00. The highest BCUT2D eigenvalue weighted by Crippen LogP contribution is 2.46. The molecular weight excluding hydrogens is 323 g/mol. The number of carbonyl (C=O) groups is 1. The van der Waals surface area contributed by atoms with Gasteiger partial charge < -0.3 is 5.32 Å². The number of carbonyl (C=O) groups excluding carboxylic acids is 1. The molecule has 2 rings (SSSR count). The highest BCUT2D eigenvalue weighted by atomic mass is 79.9. The van der Waals surface area contributed by atoms with Crippen LogP contribution in [-0.2, 0) is 6.18 Å². The fraction of sp³-hybridized carbons (Fsp3) is 0.462. The molecule has 1 amide bonds. The summed E-state index contributed by atoms with van der Waals surface area (Å²) in [6.07, 6.45) is -2.54. The summed E-state index contributed by atoms with van der Waals surface area (Å²) in [5, 5.41) is 3.35. The van der Waals surface area contributed by atoms with Crippen LogP contribution < -0.4 is 5.32 Å². The Morgan fingerprint density at radius 2 is 1.95 bits per heavy atom. The molecule has 0 aliphatic heterocycles. The third-order valence-corrected chi connectivity index (χ3v) is 4.53. The molecule has 1 aliphatic carbocycles. The van der Waals surface area contributed by atoms with Crippen molar-refractivity contribution >= 4 is 21.8 Å². The minimum absolute atomic E-state index is 0.0306. The Bertz CT molecular complexity index is 483. The summed E-state index contributed by atoms with van der Waals surface area (Å²) in [6, 6.07) is 4.83. The minimum atomic E-state index is -4.51. The van der Waals surface area contributed by atoms with E-state index in [1.807, 2.05) is 0 Å². The van der Waals surface area contributed by atoms with Gasteiger partial charge in [-0.3, -0.25) is 4.79 Å². The van der Waals surface area contributed by atoms with Crippen molar-refractivity contribution < 1.29 is 18.0 Å². The van der Waals surface area contributed by atoms with Crippen molar-refractivity contribution in [2.24, 2.45) is 5.41 Å². The molecule has 2 nitrogen and oxygen atoms in total. The maximum atomic E-state index is 12.8. The summed E-state index contributed by atoms with van der Waals surface area (Å²) < 4.78 is 38.3. The lowest BCUT2D eigenvalue weighted by Crippen LogP contribution is -2.32. The van der Waals surface area contributed by atoms with E-state index in [0.29, 0.717) is 6.54 Å². The molecule has 1 aliphatic rings. The summed E-state index contributed by atoms with van der Waals surface area (Å²) in [6.45, 7) is 0.406. The standard InChI is InChI=1S/C13H13BrF3NO/c14-7-12(5-6-12)8-18-11(19)9-3-1-2-4-10(9)13(15,16)17/h1-4H,5-8H2,(H,18,19). The first-order chi connectivity index (χ1) is 8.88. The van der Waals surface area contributed by atoms with E-state index in [1.54, 1.807) is 0 Å². The van der Waals surface area contributed by atoms with Crippen LogP contribution in [0.3, 0.4) is 0 Å². The first-order valence-electron chi connectivity index (χ1n) is 5.88. The fourth-order valence-electron chi connectivity index (χ4n) is 1.83. The largest absolute Gasteiger partial charge is 0.417 e. The van der Waals surface area contributed by atoms with Crippen LogP contribution in [0.4, 0.5) is 13.2 Å². The number of nitrogens with one attached hydrogen (secondary N) is 1. The number of benzene rings is 1. The number of halogens is 4. The highest BCUT2D eigenvalue weighted by Gasteiger charge is 2.42. The molecule has 1 aromatic carbocycles. The van der Waals surface area contributed by atoms with E-state index in [4.69, 9.17) is 0 Å². The van der Waals surface area contributed by atoms with Crippen LogP contribution >= 0.6 is 15.9 Å². The minimum Gasteiger partial charge on any atom is -0.351 e. The Hall–Kier alpha value is -1.04. The van der Waals surface area contributed by atoms with Crippen molar-refractivity contribution in [3.8, 4) is 0 Å². The predicted octanol–water partition coefficient (Wildman–Crippen LogP) is 3.61. The lowest BCUT2D eigenvalue weighted by Gasteiger charge is -2.15. The van der Waals surface area contributed by atoms with Crippen molar-refractivity contribution in [2.45, 2.75) is 19.0 Å². The average molecular weight is 336 g/mol. The zero-order valence-corrected chi connectivity index (χ0v) is 11.6. The van der Waals surface area contributed by atoms with Gasteiger partial charge in [-0.25, -0.2) is 0 Å². The molecule has 0 aromatic heterocycles. The van der Waals surface area contributed by atoms with E-state index >= 15 is 0 Å². The lowest BCUT2D eigenvalue weighted by atomic mass is 10.1. The van der Waals surface area contributed by atoms with E-state index in [0.717, 1.165) is 24.2 Å². The van der Waals surface area contributed by atoms with Crippen LogP contribution in [0.15, 0.2) is 24.3 Å². The van der Waals surface area contributed by atoms with Gasteiger partial charge in [0.2, 0.25) is 0 Å². The summed E-state index contributed by atoms with van der Waals surface area (Å²) in [5.41, 5.74) is -1.18. The SMILES string of the molecule is O=C(NCC1(CBr)CC1)c1ccccc1C(F)(F)F. The number of hydrogen-bond donors (Lipinski definition) is 1. The number of amides is 1. The predicted molar refractivity (Wildman–Crippen MR) is 69.2 cm³/mol. The van der Waals surface area contributed by atoms with E-state index in [2.05, 4.69) is 21.2 Å². The second kappa shape index (κ2) is 5.15. The number of rotatable bonds is 4. The molecule has 104 valence electrons. The molecule has 19 heavy (non-hydrogen) atoms. The smallest absolute Gasteiger partial charge is 0.351 e. The maximum Gasteiger partial charge on any atom is 0.417 e. The van der Waals surface area contributed by atoms with E-state index in [1.165, 1.54) is 18.2 Å². The molecule has 0 radical (unpaired) electrons. The molecule has 1 fully saturated rings. The van der Waals surface area contributed by atoms with Crippen LogP contribution in [-0.4, -0.2) is 17.8 Å². The normalized spacial score (nSPS) is 17.1. The van der Waals surface area contributed by atoms with Gasteiger partial charge in [-0.05, 0) is 30.4 Å². The third kappa shape index (κ3) is 3.29.